The Morgan fingerprint density at radius 3 is 2.41 bits per heavy atom. The summed E-state index contributed by atoms with van der Waals surface area (Å²) in [6.07, 6.45) is -3.97. The molecule has 22 heavy (non-hydrogen) atoms. The van der Waals surface area contributed by atoms with Crippen molar-refractivity contribution in [1.82, 2.24) is 4.98 Å². The van der Waals surface area contributed by atoms with Crippen molar-refractivity contribution >= 4 is 29.1 Å². The van der Waals surface area contributed by atoms with Crippen LogP contribution in [0.25, 0.3) is 0 Å². The summed E-state index contributed by atoms with van der Waals surface area (Å²) in [4.78, 5) is 14.7. The Morgan fingerprint density at radius 2 is 1.86 bits per heavy atom. The Balaban J connectivity index is 2.32. The van der Waals surface area contributed by atoms with Gasteiger partial charge in [-0.1, -0.05) is 23.2 Å². The molecule has 9 heteroatoms. The minimum Gasteiger partial charge on any atom is -0.438 e. The van der Waals surface area contributed by atoms with E-state index in [0.717, 1.165) is 0 Å². The summed E-state index contributed by atoms with van der Waals surface area (Å²) in [6, 6.07) is 4.68. The van der Waals surface area contributed by atoms with Gasteiger partial charge in [-0.05, 0) is 24.3 Å². The van der Waals surface area contributed by atoms with E-state index in [2.05, 4.69) is 4.98 Å². The molecule has 0 bridgehead atoms. The van der Waals surface area contributed by atoms with Crippen LogP contribution in [0.15, 0.2) is 30.5 Å². The van der Waals surface area contributed by atoms with Crippen LogP contribution in [0.5, 0.6) is 11.6 Å². The summed E-state index contributed by atoms with van der Waals surface area (Å²) in [7, 11) is 0. The molecule has 4 nitrogen and oxygen atoms in total. The number of halogens is 5. The first-order chi connectivity index (χ1) is 10.2. The Hall–Kier alpha value is -1.99. The van der Waals surface area contributed by atoms with Crippen molar-refractivity contribution in [2.24, 2.45) is 5.73 Å². The molecule has 0 aliphatic rings. The molecule has 0 radical (unpaired) electrons. The molecule has 0 aliphatic carbocycles. The number of nitrogens with zero attached hydrogens (tertiary/aromatic N) is 1. The monoisotopic (exact) mass is 350 g/mol. The van der Waals surface area contributed by atoms with Crippen LogP contribution in [-0.4, -0.2) is 10.9 Å². The largest absolute Gasteiger partial charge is 0.438 e. The average molecular weight is 351 g/mol. The van der Waals surface area contributed by atoms with E-state index >= 15 is 0 Å². The van der Waals surface area contributed by atoms with E-state index in [0.29, 0.717) is 12.3 Å². The van der Waals surface area contributed by atoms with Gasteiger partial charge >= 0.3 is 6.18 Å². The maximum absolute atomic E-state index is 12.5. The second kappa shape index (κ2) is 6.02. The molecule has 116 valence electrons. The van der Waals surface area contributed by atoms with Crippen molar-refractivity contribution in [2.45, 2.75) is 6.18 Å². The van der Waals surface area contributed by atoms with Crippen molar-refractivity contribution in [3.63, 3.8) is 0 Å². The molecule has 0 unspecified atom stereocenters. The number of nitrogens with two attached hydrogens (primary N) is 1. The lowest BCUT2D eigenvalue weighted by atomic mass is 10.2. The number of aromatic nitrogens is 1. The summed E-state index contributed by atoms with van der Waals surface area (Å²) >= 11 is 11.5. The number of amides is 1. The van der Waals surface area contributed by atoms with Crippen molar-refractivity contribution in [1.29, 1.82) is 0 Å². The van der Waals surface area contributed by atoms with Crippen LogP contribution in [-0.2, 0) is 6.18 Å². The molecule has 1 aromatic carbocycles. The molecule has 0 spiro atoms. The molecular formula is C13H7Cl2F3N2O2. The second-order valence-corrected chi connectivity index (χ2v) is 4.93. The number of rotatable bonds is 3. The Kier molecular flexibility index (Phi) is 4.48. The van der Waals surface area contributed by atoms with Crippen LogP contribution >= 0.6 is 23.2 Å². The zero-order chi connectivity index (χ0) is 16.5. The van der Waals surface area contributed by atoms with Gasteiger partial charge in [0, 0.05) is 6.20 Å². The molecule has 2 rings (SSSR count). The highest BCUT2D eigenvalue weighted by Gasteiger charge is 2.31. The highest BCUT2D eigenvalue weighted by atomic mass is 35.5. The first-order valence-corrected chi connectivity index (χ1v) is 6.44. The number of primary amides is 1. The summed E-state index contributed by atoms with van der Waals surface area (Å²) < 4.78 is 42.8. The molecule has 0 aliphatic heterocycles. The molecule has 0 saturated carbocycles. The third kappa shape index (κ3) is 3.61. The molecule has 0 atom stereocenters. The van der Waals surface area contributed by atoms with Gasteiger partial charge in [-0.15, -0.1) is 0 Å². The summed E-state index contributed by atoms with van der Waals surface area (Å²) in [6.45, 7) is 0. The van der Waals surface area contributed by atoms with Crippen molar-refractivity contribution in [3.05, 3.63) is 51.6 Å². The predicted octanol–water partition coefficient (Wildman–Crippen LogP) is 4.30. The van der Waals surface area contributed by atoms with Gasteiger partial charge in [0.15, 0.2) is 0 Å². The lowest BCUT2D eigenvalue weighted by Crippen LogP contribution is -2.11. The molecule has 1 aromatic heterocycles. The number of pyridine rings is 1. The van der Waals surface area contributed by atoms with Gasteiger partial charge in [-0.2, -0.15) is 13.2 Å². The van der Waals surface area contributed by atoms with Crippen molar-refractivity contribution in [3.8, 4) is 11.6 Å². The number of hydrogen-bond acceptors (Lipinski definition) is 3. The zero-order valence-corrected chi connectivity index (χ0v) is 12.1. The van der Waals surface area contributed by atoms with Gasteiger partial charge in [0.1, 0.15) is 10.8 Å². The minimum atomic E-state index is -4.56. The second-order valence-electron chi connectivity index (χ2n) is 4.12. The smallest absolute Gasteiger partial charge is 0.417 e. The van der Waals surface area contributed by atoms with Gasteiger partial charge in [0.2, 0.25) is 11.8 Å². The van der Waals surface area contributed by atoms with Gasteiger partial charge in [0.25, 0.3) is 0 Å². The number of alkyl halides is 3. The fourth-order valence-corrected chi connectivity index (χ4v) is 1.94. The van der Waals surface area contributed by atoms with E-state index in [1.165, 1.54) is 18.2 Å². The van der Waals surface area contributed by atoms with Gasteiger partial charge in [-0.3, -0.25) is 4.79 Å². The zero-order valence-electron chi connectivity index (χ0n) is 10.6. The average Bonchev–Trinajstić information content (AvgIpc) is 2.41. The van der Waals surface area contributed by atoms with Gasteiger partial charge in [0.05, 0.1) is 16.1 Å². The molecule has 1 heterocycles. The Bertz CT molecular complexity index is 736. The molecule has 0 fully saturated rings. The fraction of sp³-hybridized carbons (Fsp3) is 0.0769. The number of benzene rings is 1. The van der Waals surface area contributed by atoms with E-state index in [1.807, 2.05) is 0 Å². The third-order valence-corrected chi connectivity index (χ3v) is 3.15. The van der Waals surface area contributed by atoms with E-state index in [4.69, 9.17) is 33.7 Å². The van der Waals surface area contributed by atoms with Crippen LogP contribution in [0, 0.1) is 0 Å². The van der Waals surface area contributed by atoms with E-state index in [1.54, 1.807) is 0 Å². The minimum absolute atomic E-state index is 0.00204. The van der Waals surface area contributed by atoms with Crippen LogP contribution in [0.4, 0.5) is 13.2 Å². The number of ether oxygens (including phenoxy) is 1. The number of hydrogen-bond donors (Lipinski definition) is 1. The van der Waals surface area contributed by atoms with E-state index in [-0.39, 0.29) is 27.2 Å². The molecule has 2 aromatic rings. The summed E-state index contributed by atoms with van der Waals surface area (Å²) in [5.41, 5.74) is 4.13. The fourth-order valence-electron chi connectivity index (χ4n) is 1.52. The molecule has 1 amide bonds. The lowest BCUT2D eigenvalue weighted by Gasteiger charge is -2.10. The Labute approximate surface area is 132 Å². The first-order valence-electron chi connectivity index (χ1n) is 5.68. The van der Waals surface area contributed by atoms with Crippen LogP contribution in [0.3, 0.4) is 0 Å². The highest BCUT2D eigenvalue weighted by molar-refractivity contribution is 6.33. The maximum atomic E-state index is 12.5. The SMILES string of the molecule is NC(=O)c1cc(Oc2ncc(C(F)(F)F)cc2Cl)ccc1Cl. The molecule has 0 saturated heterocycles. The third-order valence-electron chi connectivity index (χ3n) is 2.55. The van der Waals surface area contributed by atoms with Crippen molar-refractivity contribution in [2.75, 3.05) is 0 Å². The first kappa shape index (κ1) is 16.4. The molecule has 2 N–H and O–H groups in total. The van der Waals surface area contributed by atoms with Crippen LogP contribution in [0.1, 0.15) is 15.9 Å². The quantitative estimate of drug-likeness (QED) is 0.897. The number of carbonyl (C=O) groups is 1. The number of carbonyl (C=O) groups excluding carboxylic acids is 1. The van der Waals surface area contributed by atoms with Crippen LogP contribution < -0.4 is 10.5 Å². The van der Waals surface area contributed by atoms with Crippen molar-refractivity contribution < 1.29 is 22.7 Å². The topological polar surface area (TPSA) is 65.2 Å². The predicted molar refractivity (Wildman–Crippen MR) is 74.3 cm³/mol. The Morgan fingerprint density at radius 1 is 1.18 bits per heavy atom. The van der Waals surface area contributed by atoms with Gasteiger partial charge < -0.3 is 10.5 Å². The van der Waals surface area contributed by atoms with E-state index in [9.17, 15) is 18.0 Å². The van der Waals surface area contributed by atoms with Crippen LogP contribution in [0.2, 0.25) is 10.0 Å². The standard InChI is InChI=1S/C13H7Cl2F3N2O2/c14-9-2-1-7(4-8(9)11(19)21)22-12-10(15)3-6(5-20-12)13(16,17)18/h1-5H,(H2,19,21). The van der Waals surface area contributed by atoms with E-state index < -0.39 is 17.6 Å². The maximum Gasteiger partial charge on any atom is 0.417 e. The summed E-state index contributed by atoms with van der Waals surface area (Å²) in [5.74, 6) is -0.915. The highest BCUT2D eigenvalue weighted by Crippen LogP contribution is 2.35. The molecular weight excluding hydrogens is 344 g/mol. The normalized spacial score (nSPS) is 11.3. The lowest BCUT2D eigenvalue weighted by molar-refractivity contribution is -0.137. The van der Waals surface area contributed by atoms with Gasteiger partial charge in [-0.25, -0.2) is 4.98 Å². The summed E-state index contributed by atoms with van der Waals surface area (Å²) in [5, 5.41) is -0.211.